The maximum absolute atomic E-state index is 12.3. The van der Waals surface area contributed by atoms with E-state index in [1.807, 2.05) is 63.4 Å². The van der Waals surface area contributed by atoms with Crippen molar-refractivity contribution in [2.24, 2.45) is 4.99 Å². The van der Waals surface area contributed by atoms with Crippen LogP contribution in [0.5, 0.6) is 0 Å². The molecule has 0 amide bonds. The lowest BCUT2D eigenvalue weighted by Crippen LogP contribution is -2.24. The second-order valence-electron chi connectivity index (χ2n) is 6.50. The zero-order chi connectivity index (χ0) is 18.1. The van der Waals surface area contributed by atoms with Crippen LogP contribution in [-0.4, -0.2) is 22.4 Å². The predicted octanol–water partition coefficient (Wildman–Crippen LogP) is 4.37. The molecule has 1 aromatic rings. The number of carbonyl (C=O) groups excluding carboxylic acids is 1. The Morgan fingerprint density at radius 3 is 2.76 bits per heavy atom. The van der Waals surface area contributed by atoms with Crippen molar-refractivity contribution in [2.45, 2.75) is 32.9 Å². The Morgan fingerprint density at radius 2 is 1.96 bits per heavy atom. The fraction of sp³-hybridized carbons (Fsp3) is 0.238. The van der Waals surface area contributed by atoms with E-state index in [4.69, 9.17) is 4.74 Å². The topological polar surface area (TPSA) is 43.6 Å². The van der Waals surface area contributed by atoms with Gasteiger partial charge in [-0.1, -0.05) is 30.4 Å². The van der Waals surface area contributed by atoms with Gasteiger partial charge >= 0.3 is 5.97 Å². The Kier molecular flexibility index (Phi) is 6.52. The number of allylic oxidation sites excluding steroid dienone is 7. The van der Waals surface area contributed by atoms with Gasteiger partial charge in [0.15, 0.2) is 0 Å². The Hall–Kier alpha value is -2.88. The second-order valence-corrected chi connectivity index (χ2v) is 6.50. The fourth-order valence-electron chi connectivity index (χ4n) is 2.10. The fourth-order valence-corrected chi connectivity index (χ4v) is 2.10. The van der Waals surface area contributed by atoms with Crippen LogP contribution in [-0.2, 0) is 16.1 Å². The van der Waals surface area contributed by atoms with Crippen LogP contribution in [0.1, 0.15) is 26.5 Å². The summed E-state index contributed by atoms with van der Waals surface area (Å²) in [5.74, 6) is -0.362. The van der Waals surface area contributed by atoms with Crippen molar-refractivity contribution in [2.75, 3.05) is 0 Å². The van der Waals surface area contributed by atoms with Crippen LogP contribution in [0.3, 0.4) is 0 Å². The van der Waals surface area contributed by atoms with E-state index in [-0.39, 0.29) is 5.97 Å². The van der Waals surface area contributed by atoms with Crippen molar-refractivity contribution < 1.29 is 9.53 Å². The molecule has 4 nitrogen and oxygen atoms in total. The minimum absolute atomic E-state index is 0.362. The molecular formula is C21H24N2O2. The monoisotopic (exact) mass is 336 g/mol. The van der Waals surface area contributed by atoms with Gasteiger partial charge in [-0.3, -0.25) is 4.99 Å². The van der Waals surface area contributed by atoms with E-state index >= 15 is 0 Å². The minimum Gasteiger partial charge on any atom is -0.456 e. The van der Waals surface area contributed by atoms with Gasteiger partial charge in [-0.25, -0.2) is 4.79 Å². The van der Waals surface area contributed by atoms with Crippen LogP contribution in [0.2, 0.25) is 0 Å². The number of rotatable bonds is 1. The molecule has 130 valence electrons. The number of aliphatic imine (C=N–C) groups is 1. The van der Waals surface area contributed by atoms with Crippen molar-refractivity contribution in [1.29, 1.82) is 0 Å². The molecule has 0 N–H and O–H groups in total. The summed E-state index contributed by atoms with van der Waals surface area (Å²) in [5.41, 5.74) is 0.949. The van der Waals surface area contributed by atoms with Crippen LogP contribution in [0.4, 0.5) is 0 Å². The maximum atomic E-state index is 12.3. The maximum Gasteiger partial charge on any atom is 0.338 e. The summed E-state index contributed by atoms with van der Waals surface area (Å²) in [4.78, 5) is 16.6. The van der Waals surface area contributed by atoms with Gasteiger partial charge in [-0.15, -0.1) is 0 Å². The minimum atomic E-state index is -0.533. The molecule has 0 unspecified atom stereocenters. The summed E-state index contributed by atoms with van der Waals surface area (Å²) in [7, 11) is 0. The molecule has 0 saturated heterocycles. The number of esters is 1. The summed E-state index contributed by atoms with van der Waals surface area (Å²) >= 11 is 0. The Morgan fingerprint density at radius 1 is 1.16 bits per heavy atom. The Bertz CT molecular complexity index is 766. The molecule has 25 heavy (non-hydrogen) atoms. The highest BCUT2D eigenvalue weighted by atomic mass is 16.6. The van der Waals surface area contributed by atoms with Crippen molar-refractivity contribution >= 4 is 12.2 Å². The summed E-state index contributed by atoms with van der Waals surface area (Å²) < 4.78 is 7.53. The van der Waals surface area contributed by atoms with Gasteiger partial charge in [0.05, 0.1) is 17.5 Å². The molecule has 1 aliphatic rings. The molecule has 0 aliphatic carbocycles. The van der Waals surface area contributed by atoms with Crippen LogP contribution in [0.25, 0.3) is 0 Å². The van der Waals surface area contributed by atoms with Crippen LogP contribution in [0.15, 0.2) is 83.7 Å². The van der Waals surface area contributed by atoms with E-state index < -0.39 is 5.60 Å². The molecule has 4 heteroatoms. The zero-order valence-electron chi connectivity index (χ0n) is 14.9. The number of hydrogen-bond donors (Lipinski definition) is 0. The van der Waals surface area contributed by atoms with Crippen molar-refractivity contribution in [1.82, 2.24) is 4.57 Å². The van der Waals surface area contributed by atoms with Gasteiger partial charge < -0.3 is 9.30 Å². The highest BCUT2D eigenvalue weighted by molar-refractivity contribution is 5.92. The lowest BCUT2D eigenvalue weighted by atomic mass is 10.1. The molecule has 0 aromatic carbocycles. The molecule has 0 radical (unpaired) electrons. The van der Waals surface area contributed by atoms with E-state index in [1.165, 1.54) is 0 Å². The summed E-state index contributed by atoms with van der Waals surface area (Å²) in [5, 5.41) is 0. The predicted molar refractivity (Wildman–Crippen MR) is 103 cm³/mol. The molecular weight excluding hydrogens is 312 g/mol. The lowest BCUT2D eigenvalue weighted by Gasteiger charge is -2.19. The first-order valence-electron chi connectivity index (χ1n) is 8.24. The number of nitrogens with zero attached hydrogens (tertiary/aromatic N) is 2. The van der Waals surface area contributed by atoms with Gasteiger partial charge in [-0.05, 0) is 51.1 Å². The van der Waals surface area contributed by atoms with E-state index in [9.17, 15) is 4.79 Å². The highest BCUT2D eigenvalue weighted by Gasteiger charge is 2.17. The van der Waals surface area contributed by atoms with Crippen LogP contribution < -0.4 is 0 Å². The van der Waals surface area contributed by atoms with E-state index in [0.29, 0.717) is 5.57 Å². The summed E-state index contributed by atoms with van der Waals surface area (Å²) in [6, 6.07) is 3.99. The number of ether oxygens (including phenoxy) is 1. The largest absolute Gasteiger partial charge is 0.456 e. The number of carbonyl (C=O) groups is 1. The zero-order valence-corrected chi connectivity index (χ0v) is 14.9. The molecule has 1 aliphatic heterocycles. The first-order chi connectivity index (χ1) is 12.0. The molecule has 0 spiro atoms. The normalized spacial score (nSPS) is 15.2. The lowest BCUT2D eigenvalue weighted by molar-refractivity contribution is -0.149. The van der Waals surface area contributed by atoms with E-state index in [2.05, 4.69) is 15.6 Å². The average molecular weight is 336 g/mol. The standard InChI is InChI=1S/C21H24N2O2/c1-21(2,3)25-20(24)18-11-7-5-4-6-8-15-23-16-10-13-19(23)17-22-14-9-12-18/h4-14,16-17H,15H2,1-3H3. The first kappa shape index (κ1) is 18.5. The average Bonchev–Trinajstić information content (AvgIpc) is 2.96. The summed E-state index contributed by atoms with van der Waals surface area (Å²) in [6.45, 7) is 6.32. The smallest absolute Gasteiger partial charge is 0.338 e. The van der Waals surface area contributed by atoms with E-state index in [0.717, 1.165) is 12.2 Å². The molecule has 0 saturated carbocycles. The van der Waals surface area contributed by atoms with Gasteiger partial charge in [0.1, 0.15) is 5.60 Å². The highest BCUT2D eigenvalue weighted by Crippen LogP contribution is 2.12. The number of aromatic nitrogens is 1. The van der Waals surface area contributed by atoms with Gasteiger partial charge in [0.25, 0.3) is 0 Å². The molecule has 0 bridgehead atoms. The number of hydrogen-bond acceptors (Lipinski definition) is 3. The quantitative estimate of drug-likeness (QED) is 0.715. The second kappa shape index (κ2) is 8.83. The van der Waals surface area contributed by atoms with Crippen LogP contribution in [0, 0.1) is 0 Å². The third kappa shape index (κ3) is 6.63. The SMILES string of the molecule is CC(C)(C)OC(=O)C1=CC=CN=Cc2cccn2CC=CC=CC=C1. The van der Waals surface area contributed by atoms with Crippen molar-refractivity contribution in [3.05, 3.63) is 84.4 Å². The van der Waals surface area contributed by atoms with Crippen LogP contribution >= 0.6 is 0 Å². The van der Waals surface area contributed by atoms with Gasteiger partial charge in [0.2, 0.25) is 0 Å². The molecule has 0 atom stereocenters. The molecule has 2 heterocycles. The molecule has 0 fully saturated rings. The number of fused-ring (bicyclic) bond motifs is 1. The summed E-state index contributed by atoms with van der Waals surface area (Å²) in [6.07, 6.45) is 20.3. The van der Waals surface area contributed by atoms with E-state index in [1.54, 1.807) is 30.6 Å². The van der Waals surface area contributed by atoms with Gasteiger partial charge in [0, 0.05) is 18.9 Å². The van der Waals surface area contributed by atoms with Crippen molar-refractivity contribution in [3.63, 3.8) is 0 Å². The van der Waals surface area contributed by atoms with Gasteiger partial charge in [-0.2, -0.15) is 0 Å². The van der Waals surface area contributed by atoms with Crippen molar-refractivity contribution in [3.8, 4) is 0 Å². The third-order valence-corrected chi connectivity index (χ3v) is 3.20. The molecule has 1 aromatic heterocycles. The first-order valence-corrected chi connectivity index (χ1v) is 8.24. The molecule has 2 rings (SSSR count). The third-order valence-electron chi connectivity index (χ3n) is 3.20. The Labute approximate surface area is 149 Å². The Balaban J connectivity index is 2.26.